The molecule has 106 valence electrons. The molecule has 0 aliphatic heterocycles. The predicted molar refractivity (Wildman–Crippen MR) is 91.5 cm³/mol. The van der Waals surface area contributed by atoms with Crippen LogP contribution >= 0.6 is 0 Å². The zero-order chi connectivity index (χ0) is 14.3. The fourth-order valence-corrected chi connectivity index (χ4v) is 17.7. The zero-order valence-corrected chi connectivity index (χ0v) is 15.2. The van der Waals surface area contributed by atoms with Crippen molar-refractivity contribution in [3.05, 3.63) is 60.7 Å². The normalized spacial score (nSPS) is 11.5. The van der Waals surface area contributed by atoms with Gasteiger partial charge in [-0.15, -0.1) is 0 Å². The number of hydrogen-bond acceptors (Lipinski definition) is 1. The van der Waals surface area contributed by atoms with E-state index in [4.69, 9.17) is 5.73 Å². The first-order valence-electron chi connectivity index (χ1n) is 7.64. The quantitative estimate of drug-likeness (QED) is 0.741. The van der Waals surface area contributed by atoms with E-state index < -0.39 is 18.4 Å². The van der Waals surface area contributed by atoms with Crippen LogP contribution in [0.2, 0.25) is 8.87 Å². The Labute approximate surface area is 127 Å². The Morgan fingerprint density at radius 2 is 1.30 bits per heavy atom. The Kier molecular flexibility index (Phi) is 6.11. The molecule has 20 heavy (non-hydrogen) atoms. The standard InChI is InChI=1S/2C6H5.C3H8N.C3H7.Sn/c2*1-2-4-6-5-3-1;1-2-3-4;1-3-2;/h2*1-5H;1-4H2;1,3H2,2H3;. The molecule has 2 rings (SSSR count). The molecule has 0 spiro atoms. The molecule has 0 amide bonds. The molecule has 2 N–H and O–H groups in total. The van der Waals surface area contributed by atoms with Crippen molar-refractivity contribution in [2.24, 2.45) is 5.73 Å². The molecule has 0 unspecified atom stereocenters. The third kappa shape index (κ3) is 3.44. The number of nitrogens with two attached hydrogens (primary N) is 1. The average molecular weight is 374 g/mol. The van der Waals surface area contributed by atoms with Crippen LogP contribution in [0.4, 0.5) is 0 Å². The molecule has 0 fully saturated rings. The van der Waals surface area contributed by atoms with Gasteiger partial charge in [0.2, 0.25) is 0 Å². The Balaban J connectivity index is 2.50. The van der Waals surface area contributed by atoms with Gasteiger partial charge in [-0.2, -0.15) is 0 Å². The first kappa shape index (κ1) is 15.6. The summed E-state index contributed by atoms with van der Waals surface area (Å²) in [7, 11) is 0. The fraction of sp³-hybridized carbons (Fsp3) is 0.333. The van der Waals surface area contributed by atoms with E-state index in [2.05, 4.69) is 67.6 Å². The van der Waals surface area contributed by atoms with Crippen molar-refractivity contribution in [3.63, 3.8) is 0 Å². The molecule has 2 aromatic carbocycles. The van der Waals surface area contributed by atoms with Crippen LogP contribution in [0.3, 0.4) is 0 Å². The fourth-order valence-electron chi connectivity index (χ4n) is 3.21. The molecule has 1 nitrogen and oxygen atoms in total. The van der Waals surface area contributed by atoms with Crippen molar-refractivity contribution in [1.29, 1.82) is 0 Å². The van der Waals surface area contributed by atoms with E-state index in [0.29, 0.717) is 0 Å². The van der Waals surface area contributed by atoms with Gasteiger partial charge in [-0.1, -0.05) is 0 Å². The first-order chi connectivity index (χ1) is 9.83. The van der Waals surface area contributed by atoms with Gasteiger partial charge in [-0.3, -0.25) is 0 Å². The molecular weight excluding hydrogens is 349 g/mol. The van der Waals surface area contributed by atoms with Crippen LogP contribution < -0.4 is 12.9 Å². The second-order valence-corrected chi connectivity index (χ2v) is 17.8. The Bertz CT molecular complexity index is 456. The first-order valence-corrected chi connectivity index (χ1v) is 14.5. The van der Waals surface area contributed by atoms with Gasteiger partial charge in [0, 0.05) is 0 Å². The molecule has 0 aliphatic rings. The summed E-state index contributed by atoms with van der Waals surface area (Å²) < 4.78 is 5.96. The molecule has 0 aromatic heterocycles. The van der Waals surface area contributed by atoms with E-state index in [0.717, 1.165) is 13.0 Å². The Morgan fingerprint density at radius 1 is 0.800 bits per heavy atom. The summed E-state index contributed by atoms with van der Waals surface area (Å²) in [6.07, 6.45) is 2.42. The third-order valence-electron chi connectivity index (χ3n) is 4.14. The summed E-state index contributed by atoms with van der Waals surface area (Å²) in [6, 6.07) is 22.5. The van der Waals surface area contributed by atoms with Gasteiger partial charge in [0.1, 0.15) is 0 Å². The summed E-state index contributed by atoms with van der Waals surface area (Å²) in [5.74, 6) is 0. The molecule has 2 heteroatoms. The van der Waals surface area contributed by atoms with Crippen molar-refractivity contribution in [2.45, 2.75) is 28.6 Å². The summed E-state index contributed by atoms with van der Waals surface area (Å²) >= 11 is -2.55. The predicted octanol–water partition coefficient (Wildman–Crippen LogP) is 3.01. The van der Waals surface area contributed by atoms with Crippen LogP contribution in [-0.4, -0.2) is 24.9 Å². The van der Waals surface area contributed by atoms with Crippen molar-refractivity contribution in [2.75, 3.05) is 6.54 Å². The molecule has 0 saturated carbocycles. The molecule has 0 atom stereocenters. The number of rotatable bonds is 7. The minimum atomic E-state index is -2.55. The Hall–Kier alpha value is -0.801. The third-order valence-corrected chi connectivity index (χ3v) is 19.7. The number of benzene rings is 2. The van der Waals surface area contributed by atoms with Crippen LogP contribution in [0.1, 0.15) is 19.8 Å². The van der Waals surface area contributed by atoms with E-state index in [1.165, 1.54) is 15.3 Å². The van der Waals surface area contributed by atoms with Crippen LogP contribution in [0, 0.1) is 0 Å². The maximum atomic E-state index is 5.82. The SMILES string of the molecule is CC[CH2][Sn]([CH2]CCN)([c]1ccccc1)[c]1ccccc1. The maximum absolute atomic E-state index is 5.82. The van der Waals surface area contributed by atoms with Crippen LogP contribution in [0.25, 0.3) is 0 Å². The second kappa shape index (κ2) is 7.84. The van der Waals surface area contributed by atoms with Gasteiger partial charge in [0.25, 0.3) is 0 Å². The summed E-state index contributed by atoms with van der Waals surface area (Å²) in [4.78, 5) is 0. The van der Waals surface area contributed by atoms with Gasteiger partial charge in [-0.05, 0) is 0 Å². The van der Waals surface area contributed by atoms with Gasteiger partial charge < -0.3 is 0 Å². The molecule has 0 heterocycles. The summed E-state index contributed by atoms with van der Waals surface area (Å²) in [5.41, 5.74) is 5.82. The van der Waals surface area contributed by atoms with Crippen molar-refractivity contribution < 1.29 is 0 Å². The topological polar surface area (TPSA) is 26.0 Å². The van der Waals surface area contributed by atoms with Crippen LogP contribution in [0.5, 0.6) is 0 Å². The van der Waals surface area contributed by atoms with Crippen molar-refractivity contribution in [1.82, 2.24) is 0 Å². The molecule has 0 bridgehead atoms. The number of hydrogen-bond donors (Lipinski definition) is 1. The molecule has 0 aliphatic carbocycles. The van der Waals surface area contributed by atoms with Crippen LogP contribution in [0.15, 0.2) is 60.7 Å². The van der Waals surface area contributed by atoms with E-state index in [9.17, 15) is 0 Å². The second-order valence-electron chi connectivity index (χ2n) is 5.46. The Morgan fingerprint density at radius 3 is 1.70 bits per heavy atom. The molecular formula is C18H25NSn. The minimum absolute atomic E-state index is 0.808. The monoisotopic (exact) mass is 375 g/mol. The van der Waals surface area contributed by atoms with Gasteiger partial charge >= 0.3 is 127 Å². The van der Waals surface area contributed by atoms with Gasteiger partial charge in [-0.25, -0.2) is 0 Å². The van der Waals surface area contributed by atoms with Crippen LogP contribution in [-0.2, 0) is 0 Å². The average Bonchev–Trinajstić information content (AvgIpc) is 2.53. The molecule has 0 saturated heterocycles. The van der Waals surface area contributed by atoms with Crippen molar-refractivity contribution >= 4 is 25.5 Å². The van der Waals surface area contributed by atoms with Gasteiger partial charge in [0.15, 0.2) is 0 Å². The van der Waals surface area contributed by atoms with E-state index in [1.54, 1.807) is 7.16 Å². The van der Waals surface area contributed by atoms with E-state index in [-0.39, 0.29) is 0 Å². The van der Waals surface area contributed by atoms with E-state index in [1.807, 2.05) is 0 Å². The van der Waals surface area contributed by atoms with E-state index >= 15 is 0 Å². The summed E-state index contributed by atoms with van der Waals surface area (Å²) in [6.45, 7) is 3.13. The summed E-state index contributed by atoms with van der Waals surface area (Å²) in [5, 5.41) is 0. The zero-order valence-electron chi connectivity index (χ0n) is 12.4. The van der Waals surface area contributed by atoms with Crippen molar-refractivity contribution in [3.8, 4) is 0 Å². The molecule has 0 radical (unpaired) electrons. The molecule has 2 aromatic rings. The van der Waals surface area contributed by atoms with Gasteiger partial charge in [0.05, 0.1) is 0 Å².